The average molecular weight is 376 g/mol. The molecule has 2 N–H and O–H groups in total. The van der Waals surface area contributed by atoms with Gasteiger partial charge in [0.1, 0.15) is 11.4 Å². The molecule has 1 aromatic rings. The number of hydrogen-bond donors (Lipinski definition) is 1. The van der Waals surface area contributed by atoms with Crippen molar-refractivity contribution in [3.63, 3.8) is 0 Å². The van der Waals surface area contributed by atoms with Crippen molar-refractivity contribution in [2.24, 2.45) is 11.7 Å². The van der Waals surface area contributed by atoms with E-state index in [4.69, 9.17) is 10.5 Å². The third-order valence-corrected chi connectivity index (χ3v) is 4.55. The zero-order chi connectivity index (χ0) is 20.0. The summed E-state index contributed by atoms with van der Waals surface area (Å²) in [6, 6.07) is 9.69. The van der Waals surface area contributed by atoms with Crippen LogP contribution in [0.25, 0.3) is 0 Å². The van der Waals surface area contributed by atoms with Gasteiger partial charge in [-0.05, 0) is 57.6 Å². The second kappa shape index (κ2) is 9.02. The lowest BCUT2D eigenvalue weighted by Gasteiger charge is -2.27. The highest BCUT2D eigenvalue weighted by atomic mass is 19.1. The van der Waals surface area contributed by atoms with Gasteiger partial charge in [0.2, 0.25) is 5.91 Å². The van der Waals surface area contributed by atoms with Crippen LogP contribution in [0.2, 0.25) is 0 Å². The van der Waals surface area contributed by atoms with E-state index in [1.165, 1.54) is 4.90 Å². The molecule has 6 heteroatoms. The Morgan fingerprint density at radius 2 is 1.93 bits per heavy atom. The number of halogens is 1. The van der Waals surface area contributed by atoms with Crippen molar-refractivity contribution in [1.82, 2.24) is 4.90 Å². The van der Waals surface area contributed by atoms with Crippen molar-refractivity contribution in [2.75, 3.05) is 13.1 Å². The summed E-state index contributed by atoms with van der Waals surface area (Å²) in [5, 5.41) is 0. The predicted molar refractivity (Wildman–Crippen MR) is 103 cm³/mol. The molecule has 2 amide bonds. The van der Waals surface area contributed by atoms with Gasteiger partial charge in [0.05, 0.1) is 12.5 Å². The first-order chi connectivity index (χ1) is 12.7. The predicted octanol–water partition coefficient (Wildman–Crippen LogP) is 3.98. The van der Waals surface area contributed by atoms with Crippen LogP contribution in [-0.2, 0) is 16.0 Å². The number of amides is 2. The molecule has 1 atom stereocenters. The molecule has 0 heterocycles. The van der Waals surface area contributed by atoms with Crippen LogP contribution in [0, 0.1) is 5.92 Å². The number of nitrogens with two attached hydrogens (primary N) is 1. The van der Waals surface area contributed by atoms with Gasteiger partial charge in [0, 0.05) is 6.54 Å². The van der Waals surface area contributed by atoms with Crippen LogP contribution >= 0.6 is 0 Å². The molecule has 0 radical (unpaired) electrons. The molecule has 1 aromatic carbocycles. The zero-order valence-electron chi connectivity index (χ0n) is 16.3. The summed E-state index contributed by atoms with van der Waals surface area (Å²) in [5.41, 5.74) is 6.20. The Labute approximate surface area is 160 Å². The third kappa shape index (κ3) is 6.38. The fraction of sp³-hybridized carbons (Fsp3) is 0.524. The van der Waals surface area contributed by atoms with Gasteiger partial charge in [-0.15, -0.1) is 0 Å². The summed E-state index contributed by atoms with van der Waals surface area (Å²) >= 11 is 0. The minimum absolute atomic E-state index is 0.207. The van der Waals surface area contributed by atoms with E-state index in [1.54, 1.807) is 20.8 Å². The molecule has 0 bridgehead atoms. The highest BCUT2D eigenvalue weighted by molar-refractivity contribution is 5.80. The molecule has 0 aromatic heterocycles. The van der Waals surface area contributed by atoms with Crippen molar-refractivity contribution in [3.8, 4) is 0 Å². The number of nitrogens with zero attached hydrogens (tertiary/aromatic N) is 1. The first kappa shape index (κ1) is 20.9. The SMILES string of the molecule is CC(C)(C)OC(=O)N(CCc1ccccc1)C/C(F)=C1\CCCC1C(N)=O. The maximum Gasteiger partial charge on any atom is 0.410 e. The molecule has 148 valence electrons. The highest BCUT2D eigenvalue weighted by Gasteiger charge is 2.31. The van der Waals surface area contributed by atoms with Gasteiger partial charge in [-0.25, -0.2) is 9.18 Å². The smallest absolute Gasteiger partial charge is 0.410 e. The Balaban J connectivity index is 2.15. The van der Waals surface area contributed by atoms with Crippen molar-refractivity contribution in [2.45, 2.75) is 52.1 Å². The lowest BCUT2D eigenvalue weighted by Crippen LogP contribution is -2.39. The Bertz CT molecular complexity index is 695. The second-order valence-electron chi connectivity index (χ2n) is 7.91. The van der Waals surface area contributed by atoms with Crippen LogP contribution in [0.15, 0.2) is 41.7 Å². The van der Waals surface area contributed by atoms with E-state index >= 15 is 0 Å². The number of benzene rings is 1. The van der Waals surface area contributed by atoms with Crippen LogP contribution in [-0.4, -0.2) is 35.6 Å². The van der Waals surface area contributed by atoms with Crippen LogP contribution in [0.5, 0.6) is 0 Å². The molecular weight excluding hydrogens is 347 g/mol. The van der Waals surface area contributed by atoms with E-state index in [0.717, 1.165) is 12.0 Å². The minimum atomic E-state index is -0.672. The molecule has 0 spiro atoms. The normalized spacial score (nSPS) is 18.9. The number of rotatable bonds is 6. The fourth-order valence-corrected chi connectivity index (χ4v) is 3.22. The van der Waals surface area contributed by atoms with Crippen LogP contribution in [0.4, 0.5) is 9.18 Å². The standard InChI is InChI=1S/C21H29FN2O3/c1-21(2,3)27-20(26)24(13-12-15-8-5-4-6-9-15)14-18(22)16-10-7-11-17(16)19(23)25/h4-6,8-9,17H,7,10-14H2,1-3H3,(H2,23,25)/b18-16-. The number of carbonyl (C=O) groups is 2. The summed E-state index contributed by atoms with van der Waals surface area (Å²) in [6.07, 6.45) is 1.81. The highest BCUT2D eigenvalue weighted by Crippen LogP contribution is 2.34. The topological polar surface area (TPSA) is 72.6 Å². The van der Waals surface area contributed by atoms with Crippen LogP contribution in [0.1, 0.15) is 45.6 Å². The quantitative estimate of drug-likeness (QED) is 0.816. The molecule has 1 unspecified atom stereocenters. The lowest BCUT2D eigenvalue weighted by molar-refractivity contribution is -0.120. The molecule has 5 nitrogen and oxygen atoms in total. The maximum atomic E-state index is 14.9. The first-order valence-electron chi connectivity index (χ1n) is 9.36. The van der Waals surface area contributed by atoms with Crippen molar-refractivity contribution in [1.29, 1.82) is 0 Å². The van der Waals surface area contributed by atoms with E-state index in [2.05, 4.69) is 0 Å². The number of hydrogen-bond acceptors (Lipinski definition) is 3. The number of primary amides is 1. The Morgan fingerprint density at radius 1 is 1.26 bits per heavy atom. The van der Waals surface area contributed by atoms with E-state index in [0.29, 0.717) is 31.4 Å². The van der Waals surface area contributed by atoms with Gasteiger partial charge in [0.15, 0.2) is 0 Å². The summed E-state index contributed by atoms with van der Waals surface area (Å²) in [5.74, 6) is -1.53. The maximum absolute atomic E-state index is 14.9. The van der Waals surface area contributed by atoms with E-state index < -0.39 is 29.3 Å². The van der Waals surface area contributed by atoms with E-state index in [9.17, 15) is 14.0 Å². The molecule has 0 aliphatic heterocycles. The first-order valence-corrected chi connectivity index (χ1v) is 9.36. The average Bonchev–Trinajstić information content (AvgIpc) is 3.08. The molecule has 27 heavy (non-hydrogen) atoms. The van der Waals surface area contributed by atoms with E-state index in [1.807, 2.05) is 30.3 Å². The summed E-state index contributed by atoms with van der Waals surface area (Å²) in [7, 11) is 0. The third-order valence-electron chi connectivity index (χ3n) is 4.55. The fourth-order valence-electron chi connectivity index (χ4n) is 3.22. The minimum Gasteiger partial charge on any atom is -0.444 e. The van der Waals surface area contributed by atoms with Crippen molar-refractivity contribution >= 4 is 12.0 Å². The molecular formula is C21H29FN2O3. The number of carbonyl (C=O) groups excluding carboxylic acids is 2. The van der Waals surface area contributed by atoms with Gasteiger partial charge in [-0.2, -0.15) is 0 Å². The van der Waals surface area contributed by atoms with Gasteiger partial charge >= 0.3 is 6.09 Å². The Kier molecular flexibility index (Phi) is 6.99. The second-order valence-corrected chi connectivity index (χ2v) is 7.91. The van der Waals surface area contributed by atoms with Crippen LogP contribution < -0.4 is 5.73 Å². The van der Waals surface area contributed by atoms with Gasteiger partial charge in [0.25, 0.3) is 0 Å². The summed E-state index contributed by atoms with van der Waals surface area (Å²) < 4.78 is 20.3. The summed E-state index contributed by atoms with van der Waals surface area (Å²) in [6.45, 7) is 5.43. The van der Waals surface area contributed by atoms with Crippen molar-refractivity contribution in [3.05, 3.63) is 47.3 Å². The van der Waals surface area contributed by atoms with Gasteiger partial charge in [-0.1, -0.05) is 30.3 Å². The molecule has 1 aliphatic rings. The molecule has 1 fully saturated rings. The molecule has 1 saturated carbocycles. The molecule has 0 saturated heterocycles. The van der Waals surface area contributed by atoms with E-state index in [-0.39, 0.29) is 6.54 Å². The van der Waals surface area contributed by atoms with Crippen molar-refractivity contribution < 1.29 is 18.7 Å². The number of ether oxygens (including phenoxy) is 1. The zero-order valence-corrected chi connectivity index (χ0v) is 16.3. The Hall–Kier alpha value is -2.37. The van der Waals surface area contributed by atoms with Crippen LogP contribution in [0.3, 0.4) is 0 Å². The molecule has 2 rings (SSSR count). The summed E-state index contributed by atoms with van der Waals surface area (Å²) in [4.78, 5) is 25.5. The Morgan fingerprint density at radius 3 is 2.52 bits per heavy atom. The largest absolute Gasteiger partial charge is 0.444 e. The van der Waals surface area contributed by atoms with Gasteiger partial charge in [-0.3, -0.25) is 4.79 Å². The van der Waals surface area contributed by atoms with Gasteiger partial charge < -0.3 is 15.4 Å². The monoisotopic (exact) mass is 376 g/mol. The lowest BCUT2D eigenvalue weighted by atomic mass is 10.0. The molecule has 1 aliphatic carbocycles.